The third kappa shape index (κ3) is 2.23. The molecular weight excluding hydrogens is 272 g/mol. The van der Waals surface area contributed by atoms with Crippen LogP contribution in [0.2, 0.25) is 5.15 Å². The van der Waals surface area contributed by atoms with Gasteiger partial charge in [-0.3, -0.25) is 10.1 Å². The molecule has 0 atom stereocenters. The summed E-state index contributed by atoms with van der Waals surface area (Å²) in [5, 5.41) is 10.9. The number of hydrogen-bond donors (Lipinski definition) is 0. The molecule has 2 heterocycles. The van der Waals surface area contributed by atoms with Crippen molar-refractivity contribution in [3.05, 3.63) is 38.3 Å². The van der Waals surface area contributed by atoms with E-state index < -0.39 is 4.92 Å². The molecule has 2 aromatic rings. The Morgan fingerprint density at radius 2 is 2.38 bits per heavy atom. The van der Waals surface area contributed by atoms with Crippen molar-refractivity contribution in [3.8, 4) is 0 Å². The molecule has 0 aliphatic heterocycles. The van der Waals surface area contributed by atoms with Gasteiger partial charge in [-0.05, 0) is 16.4 Å². The molecule has 9 heteroatoms. The van der Waals surface area contributed by atoms with E-state index in [1.165, 1.54) is 39.2 Å². The fraction of sp³-hybridized carbons (Fsp3) is 0. The van der Waals surface area contributed by atoms with Gasteiger partial charge in [0, 0.05) is 22.8 Å². The van der Waals surface area contributed by atoms with Gasteiger partial charge < -0.3 is 0 Å². The lowest BCUT2D eigenvalue weighted by molar-refractivity contribution is -0.384. The fourth-order valence-corrected chi connectivity index (χ4v) is 2.91. The van der Waals surface area contributed by atoms with E-state index in [0.29, 0.717) is 4.67 Å². The number of pyridine rings is 1. The molecule has 0 fully saturated rings. The lowest BCUT2D eigenvalue weighted by Gasteiger charge is -1.93. The average molecular weight is 275 g/mol. The molecule has 0 unspecified atom stereocenters. The Bertz CT molecular complexity index is 594. The predicted molar refractivity (Wildman–Crippen MR) is 61.1 cm³/mol. The summed E-state index contributed by atoms with van der Waals surface area (Å²) >= 11 is 5.74. The molecular formula is C7H3ClN4O2S2. The molecule has 0 bridgehead atoms. The third-order valence-corrected chi connectivity index (χ3v) is 3.75. The Morgan fingerprint density at radius 3 is 3.00 bits per heavy atom. The second-order valence-electron chi connectivity index (χ2n) is 2.56. The minimum absolute atomic E-state index is 0.0332. The molecule has 0 saturated carbocycles. The van der Waals surface area contributed by atoms with Crippen molar-refractivity contribution in [1.82, 2.24) is 9.36 Å². The van der Waals surface area contributed by atoms with Crippen molar-refractivity contribution < 1.29 is 4.92 Å². The molecule has 0 saturated heterocycles. The highest BCUT2D eigenvalue weighted by atomic mass is 35.5. The van der Waals surface area contributed by atoms with Crippen molar-refractivity contribution in [2.45, 2.75) is 0 Å². The Morgan fingerprint density at radius 1 is 1.56 bits per heavy atom. The van der Waals surface area contributed by atoms with Gasteiger partial charge in [-0.1, -0.05) is 11.6 Å². The van der Waals surface area contributed by atoms with Crippen LogP contribution in [0.25, 0.3) is 0 Å². The van der Waals surface area contributed by atoms with Crippen molar-refractivity contribution in [3.63, 3.8) is 0 Å². The summed E-state index contributed by atoms with van der Waals surface area (Å²) < 4.78 is 4.25. The topological polar surface area (TPSA) is 81.3 Å². The Kier molecular flexibility index (Phi) is 3.22. The van der Waals surface area contributed by atoms with Gasteiger partial charge in [-0.15, -0.1) is 0 Å². The zero-order valence-electron chi connectivity index (χ0n) is 7.53. The first kappa shape index (κ1) is 11.1. The molecule has 82 valence electrons. The molecule has 0 radical (unpaired) electrons. The highest BCUT2D eigenvalue weighted by molar-refractivity contribution is 7.66. The lowest BCUT2D eigenvalue weighted by atomic mass is 10.4. The molecule has 0 aliphatic carbocycles. The first-order valence-electron chi connectivity index (χ1n) is 3.94. The number of hydrogen-bond acceptors (Lipinski definition) is 7. The summed E-state index contributed by atoms with van der Waals surface area (Å²) in [6.45, 7) is 0. The molecule has 2 rings (SSSR count). The van der Waals surface area contributed by atoms with E-state index in [2.05, 4.69) is 14.3 Å². The zero-order valence-corrected chi connectivity index (χ0v) is 9.92. The van der Waals surface area contributed by atoms with E-state index in [1.807, 2.05) is 0 Å². The van der Waals surface area contributed by atoms with Gasteiger partial charge in [0.25, 0.3) is 0 Å². The van der Waals surface area contributed by atoms with Crippen LogP contribution in [-0.2, 0) is 0 Å². The number of aromatic nitrogens is 2. The second kappa shape index (κ2) is 4.64. The molecule has 6 nitrogen and oxygen atoms in total. The van der Waals surface area contributed by atoms with Crippen molar-refractivity contribution in [2.75, 3.05) is 0 Å². The normalized spacial score (nSPS) is 11.7. The lowest BCUT2D eigenvalue weighted by Crippen LogP contribution is -1.96. The average Bonchev–Trinajstić information content (AvgIpc) is 2.65. The molecule has 0 aliphatic rings. The summed E-state index contributed by atoms with van der Waals surface area (Å²) in [6.07, 6.45) is 1.43. The maximum absolute atomic E-state index is 10.7. The number of nitro groups is 1. The summed E-state index contributed by atoms with van der Waals surface area (Å²) in [6, 6.07) is 2.82. The molecule has 0 aromatic carbocycles. The molecule has 0 amide bonds. The Labute approximate surface area is 102 Å². The van der Waals surface area contributed by atoms with E-state index in [0.717, 1.165) is 0 Å². The largest absolute Gasteiger partial charge is 0.313 e. The first-order valence-corrected chi connectivity index (χ1v) is 6.42. The number of rotatable bonds is 2. The summed E-state index contributed by atoms with van der Waals surface area (Å²) in [5.41, 5.74) is -0.156. The zero-order chi connectivity index (χ0) is 11.5. The molecule has 0 N–H and O–H groups in total. The van der Waals surface area contributed by atoms with Gasteiger partial charge in [0.15, 0.2) is 9.82 Å². The Balaban J connectivity index is 2.58. The van der Waals surface area contributed by atoms with Gasteiger partial charge >= 0.3 is 5.69 Å². The van der Waals surface area contributed by atoms with Crippen LogP contribution in [0, 0.1) is 10.1 Å². The molecule has 2 aromatic heterocycles. The van der Waals surface area contributed by atoms with Crippen LogP contribution >= 0.6 is 32.5 Å². The van der Waals surface area contributed by atoms with E-state index in [-0.39, 0.29) is 16.7 Å². The van der Waals surface area contributed by atoms with Gasteiger partial charge in [-0.25, -0.2) is 9.98 Å². The van der Waals surface area contributed by atoms with Crippen molar-refractivity contribution in [1.29, 1.82) is 0 Å². The standard InChI is InChI=1S/C7H3ClN4O2S2/c8-5-7(15-16-11-5)10-6-4(12(13)14)2-1-3-9-6/h1-3H. The summed E-state index contributed by atoms with van der Waals surface area (Å²) in [7, 11) is 2.40. The third-order valence-electron chi connectivity index (χ3n) is 1.58. The quantitative estimate of drug-likeness (QED) is 0.478. The van der Waals surface area contributed by atoms with Crippen LogP contribution in [0.15, 0.2) is 23.3 Å². The van der Waals surface area contributed by atoms with Crippen LogP contribution in [0.4, 0.5) is 11.5 Å². The van der Waals surface area contributed by atoms with Crippen LogP contribution in [0.3, 0.4) is 0 Å². The minimum atomic E-state index is -0.537. The minimum Gasteiger partial charge on any atom is -0.258 e. The molecule has 16 heavy (non-hydrogen) atoms. The van der Waals surface area contributed by atoms with E-state index in [9.17, 15) is 10.1 Å². The van der Waals surface area contributed by atoms with Gasteiger partial charge in [0.1, 0.15) is 0 Å². The highest BCUT2D eigenvalue weighted by Crippen LogP contribution is 2.23. The SMILES string of the molecule is O=[N+]([O-])c1cccnc1N=c1ssnc1Cl. The van der Waals surface area contributed by atoms with Gasteiger partial charge in [0.2, 0.25) is 5.82 Å². The smallest absolute Gasteiger partial charge is 0.258 e. The summed E-state index contributed by atoms with van der Waals surface area (Å²) in [4.78, 5) is 18.0. The van der Waals surface area contributed by atoms with Crippen molar-refractivity contribution in [2.24, 2.45) is 4.99 Å². The van der Waals surface area contributed by atoms with E-state index in [1.54, 1.807) is 0 Å². The maximum Gasteiger partial charge on any atom is 0.313 e. The van der Waals surface area contributed by atoms with E-state index in [4.69, 9.17) is 11.6 Å². The number of halogens is 1. The summed E-state index contributed by atoms with van der Waals surface area (Å²) in [5.74, 6) is 0.0332. The predicted octanol–water partition coefficient (Wildman–Crippen LogP) is 2.39. The van der Waals surface area contributed by atoms with Crippen LogP contribution < -0.4 is 4.67 Å². The maximum atomic E-state index is 10.7. The van der Waals surface area contributed by atoms with Crippen molar-refractivity contribution >= 4 is 44.0 Å². The van der Waals surface area contributed by atoms with E-state index >= 15 is 0 Å². The Hall–Kier alpha value is -1.38. The van der Waals surface area contributed by atoms with Gasteiger partial charge in [0.05, 0.1) is 4.92 Å². The van der Waals surface area contributed by atoms with Crippen LogP contribution in [-0.4, -0.2) is 14.3 Å². The van der Waals surface area contributed by atoms with Crippen LogP contribution in [0.1, 0.15) is 0 Å². The van der Waals surface area contributed by atoms with Crippen LogP contribution in [0.5, 0.6) is 0 Å². The monoisotopic (exact) mass is 274 g/mol. The first-order chi connectivity index (χ1) is 7.68. The van der Waals surface area contributed by atoms with Gasteiger partial charge in [-0.2, -0.15) is 4.37 Å². The highest BCUT2D eigenvalue weighted by Gasteiger charge is 2.13. The second-order valence-corrected chi connectivity index (χ2v) is 4.75. The number of nitrogens with zero attached hydrogens (tertiary/aromatic N) is 4. The fourth-order valence-electron chi connectivity index (χ4n) is 0.938. The molecule has 0 spiro atoms.